The summed E-state index contributed by atoms with van der Waals surface area (Å²) < 4.78 is 2.33. The second-order valence-corrected chi connectivity index (χ2v) is 4.68. The van der Waals surface area contributed by atoms with Crippen LogP contribution in [0.25, 0.3) is 10.8 Å². The Morgan fingerprint density at radius 3 is 2.46 bits per heavy atom. The molecule has 0 aliphatic heterocycles. The Labute approximate surface area is 94.2 Å². The highest BCUT2D eigenvalue weighted by molar-refractivity contribution is 9.11. The number of hydrogen-bond acceptors (Lipinski definition) is 0. The van der Waals surface area contributed by atoms with Crippen molar-refractivity contribution >= 4 is 42.6 Å². The summed E-state index contributed by atoms with van der Waals surface area (Å²) in [5.74, 6) is 0. The zero-order valence-corrected chi connectivity index (χ0v) is 10.3. The predicted octanol–water partition coefficient (Wildman–Crippen LogP) is 4.67. The van der Waals surface area contributed by atoms with E-state index in [2.05, 4.69) is 69.1 Å². The maximum atomic E-state index is 3.59. The largest absolute Gasteiger partial charge is 0.0605 e. The molecule has 0 N–H and O–H groups in total. The Hall–Kier alpha value is -0.340. The lowest BCUT2D eigenvalue weighted by molar-refractivity contribution is 1.47. The molecule has 0 bridgehead atoms. The second kappa shape index (κ2) is 3.43. The van der Waals surface area contributed by atoms with Gasteiger partial charge < -0.3 is 0 Å². The van der Waals surface area contributed by atoms with Crippen LogP contribution in [0.5, 0.6) is 0 Å². The van der Waals surface area contributed by atoms with E-state index in [0.717, 1.165) is 4.47 Å². The highest BCUT2D eigenvalue weighted by atomic mass is 79.9. The molecule has 0 aliphatic rings. The van der Waals surface area contributed by atoms with Gasteiger partial charge in [-0.25, -0.2) is 0 Å². The fraction of sp³-hybridized carbons (Fsp3) is 0.0909. The van der Waals surface area contributed by atoms with E-state index >= 15 is 0 Å². The highest BCUT2D eigenvalue weighted by Crippen LogP contribution is 2.31. The molecule has 0 heterocycles. The second-order valence-electron chi connectivity index (χ2n) is 3.03. The molecule has 0 atom stereocenters. The van der Waals surface area contributed by atoms with Gasteiger partial charge in [-0.1, -0.05) is 40.2 Å². The molecule has 0 aromatic heterocycles. The van der Waals surface area contributed by atoms with E-state index in [-0.39, 0.29) is 0 Å². The molecule has 0 fully saturated rings. The van der Waals surface area contributed by atoms with Gasteiger partial charge in [0, 0.05) is 8.95 Å². The number of hydrogen-bond donors (Lipinski definition) is 0. The van der Waals surface area contributed by atoms with Crippen molar-refractivity contribution < 1.29 is 0 Å². The van der Waals surface area contributed by atoms with Gasteiger partial charge >= 0.3 is 0 Å². The van der Waals surface area contributed by atoms with Crippen LogP contribution >= 0.6 is 31.9 Å². The van der Waals surface area contributed by atoms with Gasteiger partial charge in [0.2, 0.25) is 0 Å². The smallest absolute Gasteiger partial charge is 0.0283 e. The molecule has 2 aromatic rings. The SMILES string of the molecule is Cc1ccc2c(Br)cccc2c1Br. The van der Waals surface area contributed by atoms with Crippen LogP contribution in [0.3, 0.4) is 0 Å². The fourth-order valence-electron chi connectivity index (χ4n) is 1.39. The Bertz CT molecular complexity index is 461. The van der Waals surface area contributed by atoms with Crippen molar-refractivity contribution in [2.24, 2.45) is 0 Å². The summed E-state index contributed by atoms with van der Waals surface area (Å²) in [6.45, 7) is 2.10. The summed E-state index contributed by atoms with van der Waals surface area (Å²) in [5, 5.41) is 2.51. The van der Waals surface area contributed by atoms with E-state index < -0.39 is 0 Å². The summed E-state index contributed by atoms with van der Waals surface area (Å²) >= 11 is 7.13. The molecule has 2 heteroatoms. The van der Waals surface area contributed by atoms with Gasteiger partial charge in [-0.05, 0) is 45.3 Å². The summed E-state index contributed by atoms with van der Waals surface area (Å²) in [5.41, 5.74) is 1.27. The molecule has 0 unspecified atom stereocenters. The third kappa shape index (κ3) is 1.53. The minimum absolute atomic E-state index is 1.14. The molecule has 0 nitrogen and oxygen atoms in total. The van der Waals surface area contributed by atoms with Gasteiger partial charge in [0.15, 0.2) is 0 Å². The average molecular weight is 300 g/mol. The Kier molecular flexibility index (Phi) is 2.43. The van der Waals surface area contributed by atoms with Gasteiger partial charge in [0.1, 0.15) is 0 Å². The van der Waals surface area contributed by atoms with Gasteiger partial charge in [-0.15, -0.1) is 0 Å². The van der Waals surface area contributed by atoms with Crippen molar-refractivity contribution in [3.8, 4) is 0 Å². The van der Waals surface area contributed by atoms with Crippen molar-refractivity contribution in [2.75, 3.05) is 0 Å². The van der Waals surface area contributed by atoms with Crippen LogP contribution in [0.1, 0.15) is 5.56 Å². The molecular formula is C11H8Br2. The van der Waals surface area contributed by atoms with Gasteiger partial charge in [-0.2, -0.15) is 0 Å². The third-order valence-corrected chi connectivity index (χ3v) is 3.88. The average Bonchev–Trinajstić information content (AvgIpc) is 2.12. The summed E-state index contributed by atoms with van der Waals surface area (Å²) in [6.07, 6.45) is 0. The van der Waals surface area contributed by atoms with Crippen molar-refractivity contribution in [3.63, 3.8) is 0 Å². The van der Waals surface area contributed by atoms with Crippen molar-refractivity contribution in [1.29, 1.82) is 0 Å². The maximum absolute atomic E-state index is 3.59. The fourth-order valence-corrected chi connectivity index (χ4v) is 2.37. The van der Waals surface area contributed by atoms with Crippen LogP contribution in [0.2, 0.25) is 0 Å². The van der Waals surface area contributed by atoms with Crippen LogP contribution in [-0.4, -0.2) is 0 Å². The first-order chi connectivity index (χ1) is 6.20. The first kappa shape index (κ1) is 9.22. The number of halogens is 2. The molecule has 0 amide bonds. The molecule has 2 aromatic carbocycles. The molecule has 0 saturated carbocycles. The highest BCUT2D eigenvalue weighted by Gasteiger charge is 2.02. The number of aryl methyl sites for hydroxylation is 1. The van der Waals surface area contributed by atoms with E-state index in [1.54, 1.807) is 0 Å². The zero-order chi connectivity index (χ0) is 9.42. The molecular weight excluding hydrogens is 292 g/mol. The minimum Gasteiger partial charge on any atom is -0.0605 e. The molecule has 0 radical (unpaired) electrons. The van der Waals surface area contributed by atoms with E-state index in [1.165, 1.54) is 20.8 Å². The monoisotopic (exact) mass is 298 g/mol. The van der Waals surface area contributed by atoms with Crippen LogP contribution in [0.4, 0.5) is 0 Å². The van der Waals surface area contributed by atoms with Gasteiger partial charge in [0.25, 0.3) is 0 Å². The van der Waals surface area contributed by atoms with E-state index in [9.17, 15) is 0 Å². The first-order valence-electron chi connectivity index (χ1n) is 4.03. The number of benzene rings is 2. The number of rotatable bonds is 0. The van der Waals surface area contributed by atoms with E-state index in [4.69, 9.17) is 0 Å². The number of fused-ring (bicyclic) bond motifs is 1. The third-order valence-electron chi connectivity index (χ3n) is 2.14. The lowest BCUT2D eigenvalue weighted by Crippen LogP contribution is -1.80. The predicted molar refractivity (Wildman–Crippen MR) is 64.1 cm³/mol. The standard InChI is InChI=1S/C11H8Br2/c1-7-5-6-8-9(11(7)13)3-2-4-10(8)12/h2-6H,1H3. The molecule has 0 saturated heterocycles. The van der Waals surface area contributed by atoms with Crippen LogP contribution in [-0.2, 0) is 0 Å². The summed E-state index contributed by atoms with van der Waals surface area (Å²) in [4.78, 5) is 0. The van der Waals surface area contributed by atoms with E-state index in [1.807, 2.05) is 0 Å². The van der Waals surface area contributed by atoms with Crippen molar-refractivity contribution in [2.45, 2.75) is 6.92 Å². The first-order valence-corrected chi connectivity index (χ1v) is 5.62. The maximum Gasteiger partial charge on any atom is 0.0283 e. The molecule has 2 rings (SSSR count). The summed E-state index contributed by atoms with van der Waals surface area (Å²) in [7, 11) is 0. The van der Waals surface area contributed by atoms with Crippen molar-refractivity contribution in [3.05, 3.63) is 44.8 Å². The summed E-state index contributed by atoms with van der Waals surface area (Å²) in [6, 6.07) is 10.5. The van der Waals surface area contributed by atoms with Gasteiger partial charge in [0.05, 0.1) is 0 Å². The van der Waals surface area contributed by atoms with Crippen LogP contribution in [0.15, 0.2) is 39.3 Å². The molecule has 13 heavy (non-hydrogen) atoms. The van der Waals surface area contributed by atoms with Crippen LogP contribution in [0, 0.1) is 6.92 Å². The Balaban J connectivity index is 2.94. The Morgan fingerprint density at radius 2 is 1.69 bits per heavy atom. The topological polar surface area (TPSA) is 0 Å². The van der Waals surface area contributed by atoms with Gasteiger partial charge in [-0.3, -0.25) is 0 Å². The normalized spacial score (nSPS) is 10.7. The molecule has 0 spiro atoms. The lowest BCUT2D eigenvalue weighted by atomic mass is 10.1. The minimum atomic E-state index is 1.14. The van der Waals surface area contributed by atoms with E-state index in [0.29, 0.717) is 0 Å². The zero-order valence-electron chi connectivity index (χ0n) is 7.14. The van der Waals surface area contributed by atoms with Crippen LogP contribution < -0.4 is 0 Å². The quantitative estimate of drug-likeness (QED) is 0.663. The molecule has 0 aliphatic carbocycles. The molecule has 66 valence electrons. The lowest BCUT2D eigenvalue weighted by Gasteiger charge is -2.05. The van der Waals surface area contributed by atoms with Crippen molar-refractivity contribution in [1.82, 2.24) is 0 Å². The Morgan fingerprint density at radius 1 is 0.923 bits per heavy atom.